The summed E-state index contributed by atoms with van der Waals surface area (Å²) >= 11 is 3.23. The van der Waals surface area contributed by atoms with Gasteiger partial charge in [-0.15, -0.1) is 0 Å². The second kappa shape index (κ2) is 8.31. The number of nitrogens with zero attached hydrogens (tertiary/aromatic N) is 1. The maximum atomic E-state index is 14.4. The fourth-order valence-electron chi connectivity index (χ4n) is 2.11. The first-order valence-corrected chi connectivity index (χ1v) is 8.65. The minimum atomic E-state index is -0.721. The maximum absolute atomic E-state index is 14.4. The van der Waals surface area contributed by atoms with E-state index in [0.29, 0.717) is 15.8 Å². The van der Waals surface area contributed by atoms with Crippen molar-refractivity contribution in [3.05, 3.63) is 63.9 Å². The first-order valence-electron chi connectivity index (χ1n) is 7.86. The number of hydrazone groups is 1. The molecule has 0 aliphatic heterocycles. The quantitative estimate of drug-likeness (QED) is 0.564. The Morgan fingerprint density at radius 3 is 2.35 bits per heavy atom. The number of carbonyl (C=O) groups is 1. The van der Waals surface area contributed by atoms with Crippen LogP contribution in [-0.2, 0) is 4.74 Å². The normalized spacial score (nSPS) is 11.8. The highest BCUT2D eigenvalue weighted by Gasteiger charge is 2.17. The molecule has 0 aromatic heterocycles. The lowest BCUT2D eigenvalue weighted by molar-refractivity contribution is 0.0529. The van der Waals surface area contributed by atoms with Crippen molar-refractivity contribution in [1.29, 1.82) is 0 Å². The van der Waals surface area contributed by atoms with Crippen molar-refractivity contribution >= 4 is 27.7 Å². The minimum absolute atomic E-state index is 0.245. The molecule has 0 aliphatic rings. The van der Waals surface area contributed by atoms with Crippen LogP contribution in [0.25, 0.3) is 0 Å². The predicted octanol–water partition coefficient (Wildman–Crippen LogP) is 4.87. The average Bonchev–Trinajstić information content (AvgIpc) is 2.55. The van der Waals surface area contributed by atoms with E-state index in [1.54, 1.807) is 64.3 Å². The van der Waals surface area contributed by atoms with Gasteiger partial charge in [-0.1, -0.05) is 15.9 Å². The van der Waals surface area contributed by atoms with Crippen LogP contribution in [0.5, 0.6) is 5.75 Å². The molecule has 0 unspecified atom stereocenters. The van der Waals surface area contributed by atoms with Crippen LogP contribution in [0.15, 0.2) is 52.0 Å². The molecule has 1 N–H and O–H groups in total. The topological polar surface area (TPSA) is 59.9 Å². The van der Waals surface area contributed by atoms with E-state index >= 15 is 0 Å². The zero-order chi connectivity index (χ0) is 19.3. The number of halogens is 2. The summed E-state index contributed by atoms with van der Waals surface area (Å²) in [6, 6.07) is 11.5. The molecule has 7 heteroatoms. The first kappa shape index (κ1) is 19.9. The molecular formula is C19H20BrFN2O3. The van der Waals surface area contributed by atoms with E-state index in [0.717, 1.165) is 0 Å². The third-order valence-corrected chi connectivity index (χ3v) is 3.70. The number of ether oxygens (including phenoxy) is 2. The number of hydrogen-bond acceptors (Lipinski definition) is 4. The standard InChI is InChI=1S/C19H20BrFN2O3/c1-19(2,3)26-18(24)23-22-17(12-5-8-14(25-4)9-6-12)15-10-7-13(20)11-16(15)21/h5-11H,1-4H3,(H,23,24). The summed E-state index contributed by atoms with van der Waals surface area (Å²) in [6.07, 6.45) is -0.721. The van der Waals surface area contributed by atoms with E-state index in [9.17, 15) is 9.18 Å². The molecule has 0 atom stereocenters. The van der Waals surface area contributed by atoms with Crippen molar-refractivity contribution in [3.63, 3.8) is 0 Å². The highest BCUT2D eigenvalue weighted by Crippen LogP contribution is 2.21. The van der Waals surface area contributed by atoms with Crippen LogP contribution in [0.4, 0.5) is 9.18 Å². The van der Waals surface area contributed by atoms with E-state index < -0.39 is 17.5 Å². The molecule has 138 valence electrons. The van der Waals surface area contributed by atoms with Gasteiger partial charge in [0.1, 0.15) is 22.9 Å². The van der Waals surface area contributed by atoms with Crippen molar-refractivity contribution in [2.45, 2.75) is 26.4 Å². The Balaban J connectivity index is 2.40. The maximum Gasteiger partial charge on any atom is 0.428 e. The van der Waals surface area contributed by atoms with Gasteiger partial charge in [-0.25, -0.2) is 14.6 Å². The van der Waals surface area contributed by atoms with Crippen LogP contribution in [0.2, 0.25) is 0 Å². The van der Waals surface area contributed by atoms with E-state index in [2.05, 4.69) is 26.5 Å². The van der Waals surface area contributed by atoms with Crippen LogP contribution in [0, 0.1) is 5.82 Å². The van der Waals surface area contributed by atoms with Gasteiger partial charge >= 0.3 is 6.09 Å². The van der Waals surface area contributed by atoms with Gasteiger partial charge in [-0.3, -0.25) is 0 Å². The molecular weight excluding hydrogens is 403 g/mol. The summed E-state index contributed by atoms with van der Waals surface area (Å²) in [5, 5.41) is 4.09. The lowest BCUT2D eigenvalue weighted by atomic mass is 10.0. The molecule has 2 aromatic rings. The fourth-order valence-corrected chi connectivity index (χ4v) is 2.45. The number of methoxy groups -OCH3 is 1. The largest absolute Gasteiger partial charge is 0.497 e. The monoisotopic (exact) mass is 422 g/mol. The van der Waals surface area contributed by atoms with Crippen LogP contribution in [-0.4, -0.2) is 24.5 Å². The number of amides is 1. The van der Waals surface area contributed by atoms with Crippen LogP contribution >= 0.6 is 15.9 Å². The second-order valence-electron chi connectivity index (χ2n) is 6.43. The van der Waals surface area contributed by atoms with Gasteiger partial charge < -0.3 is 9.47 Å². The molecule has 0 aliphatic carbocycles. The fraction of sp³-hybridized carbons (Fsp3) is 0.263. The van der Waals surface area contributed by atoms with Gasteiger partial charge in [0.25, 0.3) is 0 Å². The summed E-state index contributed by atoms with van der Waals surface area (Å²) < 4.78 is 25.4. The molecule has 2 aromatic carbocycles. The molecule has 0 bridgehead atoms. The summed E-state index contributed by atoms with van der Waals surface area (Å²) in [5.74, 6) is 0.185. The zero-order valence-corrected chi connectivity index (χ0v) is 16.6. The summed E-state index contributed by atoms with van der Waals surface area (Å²) in [6.45, 7) is 5.24. The summed E-state index contributed by atoms with van der Waals surface area (Å²) in [7, 11) is 1.56. The molecule has 0 saturated carbocycles. The van der Waals surface area contributed by atoms with Gasteiger partial charge in [0.05, 0.1) is 7.11 Å². The lowest BCUT2D eigenvalue weighted by Gasteiger charge is -2.19. The Kier molecular flexibility index (Phi) is 6.37. The van der Waals surface area contributed by atoms with Crippen molar-refractivity contribution in [1.82, 2.24) is 5.43 Å². The number of benzene rings is 2. The molecule has 0 saturated heterocycles. The highest BCUT2D eigenvalue weighted by molar-refractivity contribution is 9.10. The van der Waals surface area contributed by atoms with Crippen LogP contribution in [0.3, 0.4) is 0 Å². The lowest BCUT2D eigenvalue weighted by Crippen LogP contribution is -2.30. The van der Waals surface area contributed by atoms with Crippen molar-refractivity contribution < 1.29 is 18.7 Å². The number of nitrogens with one attached hydrogen (secondary N) is 1. The predicted molar refractivity (Wildman–Crippen MR) is 102 cm³/mol. The Bertz CT molecular complexity index is 815. The minimum Gasteiger partial charge on any atom is -0.497 e. The van der Waals surface area contributed by atoms with Gasteiger partial charge in [0.2, 0.25) is 0 Å². The average molecular weight is 423 g/mol. The Morgan fingerprint density at radius 1 is 1.15 bits per heavy atom. The van der Waals surface area contributed by atoms with E-state index in [-0.39, 0.29) is 11.3 Å². The highest BCUT2D eigenvalue weighted by atomic mass is 79.9. The van der Waals surface area contributed by atoms with E-state index in [1.807, 2.05) is 0 Å². The molecule has 0 spiro atoms. The van der Waals surface area contributed by atoms with E-state index in [1.165, 1.54) is 6.07 Å². The van der Waals surface area contributed by atoms with Crippen LogP contribution in [0.1, 0.15) is 31.9 Å². The molecule has 1 amide bonds. The molecule has 5 nitrogen and oxygen atoms in total. The third kappa shape index (κ3) is 5.56. The van der Waals surface area contributed by atoms with Gasteiger partial charge in [-0.05, 0) is 63.2 Å². The first-order chi connectivity index (χ1) is 12.2. The zero-order valence-electron chi connectivity index (χ0n) is 15.0. The molecule has 0 fully saturated rings. The number of carbonyl (C=O) groups excluding carboxylic acids is 1. The Morgan fingerprint density at radius 2 is 1.81 bits per heavy atom. The van der Waals surface area contributed by atoms with Gasteiger partial charge in [0, 0.05) is 15.6 Å². The van der Waals surface area contributed by atoms with E-state index in [4.69, 9.17) is 9.47 Å². The smallest absolute Gasteiger partial charge is 0.428 e. The van der Waals surface area contributed by atoms with Crippen molar-refractivity contribution in [3.8, 4) is 5.75 Å². The van der Waals surface area contributed by atoms with Gasteiger partial charge in [-0.2, -0.15) is 5.10 Å². The third-order valence-electron chi connectivity index (χ3n) is 3.21. The Labute approximate surface area is 160 Å². The SMILES string of the molecule is COc1ccc(C(=NNC(=O)OC(C)(C)C)c2ccc(Br)cc2F)cc1. The van der Waals surface area contributed by atoms with Crippen molar-refractivity contribution in [2.75, 3.05) is 7.11 Å². The number of rotatable bonds is 4. The second-order valence-corrected chi connectivity index (χ2v) is 7.34. The number of hydrogen-bond donors (Lipinski definition) is 1. The molecule has 0 heterocycles. The van der Waals surface area contributed by atoms with Crippen molar-refractivity contribution in [2.24, 2.45) is 5.10 Å². The van der Waals surface area contributed by atoms with Crippen LogP contribution < -0.4 is 10.2 Å². The molecule has 0 radical (unpaired) electrons. The van der Waals surface area contributed by atoms with Gasteiger partial charge in [0.15, 0.2) is 0 Å². The summed E-state index contributed by atoms with van der Waals surface area (Å²) in [4.78, 5) is 11.9. The summed E-state index contributed by atoms with van der Waals surface area (Å²) in [5.41, 5.74) is 2.79. The molecule has 26 heavy (non-hydrogen) atoms. The molecule has 2 rings (SSSR count). The Hall–Kier alpha value is -2.41.